The molecular weight excluding hydrogens is 434 g/mol. The summed E-state index contributed by atoms with van der Waals surface area (Å²) in [4.78, 5) is 16.5. The predicted octanol–water partition coefficient (Wildman–Crippen LogP) is 4.99. The summed E-state index contributed by atoms with van der Waals surface area (Å²) < 4.78 is 10.6. The van der Waals surface area contributed by atoms with Gasteiger partial charge in [-0.3, -0.25) is 9.69 Å². The van der Waals surface area contributed by atoms with Crippen molar-refractivity contribution in [1.82, 2.24) is 15.4 Å². The fourth-order valence-electron chi connectivity index (χ4n) is 4.17. The molecule has 2 aromatic carbocycles. The normalized spacial score (nSPS) is 14.9. The average Bonchev–Trinajstić information content (AvgIpc) is 3.16. The molecule has 7 heteroatoms. The molecule has 33 heavy (non-hydrogen) atoms. The summed E-state index contributed by atoms with van der Waals surface area (Å²) in [5.41, 5.74) is 3.98. The van der Waals surface area contributed by atoms with Gasteiger partial charge in [-0.2, -0.15) is 0 Å². The van der Waals surface area contributed by atoms with Crippen molar-refractivity contribution in [1.29, 1.82) is 0 Å². The van der Waals surface area contributed by atoms with Crippen molar-refractivity contribution in [3.05, 3.63) is 76.7 Å². The second kappa shape index (κ2) is 10.9. The molecule has 1 fully saturated rings. The Hall–Kier alpha value is -2.77. The Balaban J connectivity index is 1.31. The first kappa shape index (κ1) is 23.4. The number of hydrogen-bond acceptors (Lipinski definition) is 6. The highest BCUT2D eigenvalue weighted by Gasteiger charge is 2.22. The van der Waals surface area contributed by atoms with Crippen LogP contribution in [0.3, 0.4) is 0 Å². The first-order valence-electron chi connectivity index (χ1n) is 11.3. The molecule has 0 unspecified atom stereocenters. The van der Waals surface area contributed by atoms with E-state index in [-0.39, 0.29) is 11.9 Å². The number of piperidine rings is 1. The van der Waals surface area contributed by atoms with E-state index in [2.05, 4.69) is 27.5 Å². The summed E-state index contributed by atoms with van der Waals surface area (Å²) in [5, 5.41) is 7.29. The first-order chi connectivity index (χ1) is 16.0. The van der Waals surface area contributed by atoms with E-state index in [1.807, 2.05) is 50.2 Å². The number of thioether (sulfide) groups is 1. The van der Waals surface area contributed by atoms with E-state index in [1.165, 1.54) is 5.56 Å². The Bertz CT molecular complexity index is 1070. The molecule has 0 atom stereocenters. The Kier molecular flexibility index (Phi) is 7.73. The minimum Gasteiger partial charge on any atom is -0.497 e. The number of amides is 1. The Morgan fingerprint density at radius 2 is 1.97 bits per heavy atom. The zero-order valence-electron chi connectivity index (χ0n) is 19.5. The molecule has 0 aliphatic carbocycles. The third-order valence-electron chi connectivity index (χ3n) is 6.15. The van der Waals surface area contributed by atoms with Gasteiger partial charge < -0.3 is 14.6 Å². The maximum absolute atomic E-state index is 13.1. The molecule has 0 radical (unpaired) electrons. The van der Waals surface area contributed by atoms with Crippen molar-refractivity contribution in [2.45, 2.75) is 49.9 Å². The molecule has 6 nitrogen and oxygen atoms in total. The van der Waals surface area contributed by atoms with Gasteiger partial charge in [-0.25, -0.2) is 0 Å². The molecule has 0 bridgehead atoms. The number of aryl methyl sites for hydroxylation is 2. The third-order valence-corrected chi connectivity index (χ3v) is 7.25. The summed E-state index contributed by atoms with van der Waals surface area (Å²) >= 11 is 1.65. The Morgan fingerprint density at radius 1 is 1.18 bits per heavy atom. The van der Waals surface area contributed by atoms with Gasteiger partial charge in [0.2, 0.25) is 0 Å². The smallest absolute Gasteiger partial charge is 0.252 e. The van der Waals surface area contributed by atoms with E-state index in [1.54, 1.807) is 18.9 Å². The fourth-order valence-corrected chi connectivity index (χ4v) is 5.37. The van der Waals surface area contributed by atoms with Gasteiger partial charge >= 0.3 is 0 Å². The molecule has 1 amide bonds. The van der Waals surface area contributed by atoms with E-state index in [4.69, 9.17) is 9.26 Å². The molecular formula is C26H31N3O3S. The number of carbonyl (C=O) groups excluding carboxylic acids is 1. The molecule has 0 saturated carbocycles. The maximum Gasteiger partial charge on any atom is 0.252 e. The molecule has 4 rings (SSSR count). The standard InChI is InChI=1S/C26H31N3O3S/c1-18-24(19(2)32-28-18)17-33-25-10-5-4-9-23(25)26(30)27-21-11-13-29(14-12-21)16-20-7-6-8-22(15-20)31-3/h4-10,15,21H,11-14,16-17H2,1-3H3,(H,27,30). The molecule has 0 spiro atoms. The summed E-state index contributed by atoms with van der Waals surface area (Å²) in [6.45, 7) is 6.70. The number of rotatable bonds is 8. The fraction of sp³-hybridized carbons (Fsp3) is 0.385. The average molecular weight is 466 g/mol. The number of nitrogens with one attached hydrogen (secondary N) is 1. The van der Waals surface area contributed by atoms with Crippen molar-refractivity contribution in [3.63, 3.8) is 0 Å². The quantitative estimate of drug-likeness (QED) is 0.473. The van der Waals surface area contributed by atoms with Gasteiger partial charge in [0.25, 0.3) is 5.91 Å². The monoisotopic (exact) mass is 465 g/mol. The number of likely N-dealkylation sites (tertiary alicyclic amines) is 1. The van der Waals surface area contributed by atoms with Crippen LogP contribution in [0.5, 0.6) is 5.75 Å². The molecule has 1 aliphatic heterocycles. The number of nitrogens with zero attached hydrogens (tertiary/aromatic N) is 2. The minimum atomic E-state index is 0.00288. The number of benzene rings is 2. The Labute approximate surface area is 199 Å². The van der Waals surface area contributed by atoms with E-state index in [0.29, 0.717) is 0 Å². The molecule has 1 saturated heterocycles. The van der Waals surface area contributed by atoms with Crippen LogP contribution in [0.15, 0.2) is 57.9 Å². The lowest BCUT2D eigenvalue weighted by Gasteiger charge is -2.32. The predicted molar refractivity (Wildman–Crippen MR) is 131 cm³/mol. The van der Waals surface area contributed by atoms with Crippen LogP contribution in [0.2, 0.25) is 0 Å². The molecule has 1 aliphatic rings. The minimum absolute atomic E-state index is 0.00288. The lowest BCUT2D eigenvalue weighted by molar-refractivity contribution is 0.0906. The van der Waals surface area contributed by atoms with E-state index in [0.717, 1.165) is 71.5 Å². The van der Waals surface area contributed by atoms with Gasteiger partial charge in [-0.15, -0.1) is 11.8 Å². The van der Waals surface area contributed by atoms with Crippen LogP contribution in [0.25, 0.3) is 0 Å². The summed E-state index contributed by atoms with van der Waals surface area (Å²) in [7, 11) is 1.70. The molecule has 3 aromatic rings. The van der Waals surface area contributed by atoms with Gasteiger partial charge in [0.05, 0.1) is 18.4 Å². The van der Waals surface area contributed by atoms with Crippen LogP contribution in [0, 0.1) is 13.8 Å². The van der Waals surface area contributed by atoms with Crippen molar-refractivity contribution in [2.75, 3.05) is 20.2 Å². The second-order valence-corrected chi connectivity index (χ2v) is 9.48. The first-order valence-corrected chi connectivity index (χ1v) is 12.3. The number of methoxy groups -OCH3 is 1. The lowest BCUT2D eigenvalue weighted by Crippen LogP contribution is -2.44. The highest BCUT2D eigenvalue weighted by molar-refractivity contribution is 7.98. The van der Waals surface area contributed by atoms with Crippen molar-refractivity contribution in [2.24, 2.45) is 0 Å². The molecule has 1 aromatic heterocycles. The van der Waals surface area contributed by atoms with Crippen LogP contribution in [0.4, 0.5) is 0 Å². The lowest BCUT2D eigenvalue weighted by atomic mass is 10.0. The van der Waals surface area contributed by atoms with Gasteiger partial charge in [0.15, 0.2) is 0 Å². The van der Waals surface area contributed by atoms with E-state index < -0.39 is 0 Å². The van der Waals surface area contributed by atoms with Crippen LogP contribution in [0.1, 0.15) is 45.8 Å². The van der Waals surface area contributed by atoms with Gasteiger partial charge in [-0.05, 0) is 56.5 Å². The van der Waals surface area contributed by atoms with Gasteiger partial charge in [0, 0.05) is 41.9 Å². The molecule has 2 heterocycles. The maximum atomic E-state index is 13.1. The number of aromatic nitrogens is 1. The topological polar surface area (TPSA) is 67.6 Å². The highest BCUT2D eigenvalue weighted by atomic mass is 32.2. The van der Waals surface area contributed by atoms with Crippen LogP contribution in [-0.4, -0.2) is 42.2 Å². The molecule has 1 N–H and O–H groups in total. The van der Waals surface area contributed by atoms with Crippen LogP contribution >= 0.6 is 11.8 Å². The largest absolute Gasteiger partial charge is 0.497 e. The number of ether oxygens (including phenoxy) is 1. The second-order valence-electron chi connectivity index (χ2n) is 8.46. The SMILES string of the molecule is COc1cccc(CN2CCC(NC(=O)c3ccccc3SCc3c(C)noc3C)CC2)c1. The summed E-state index contributed by atoms with van der Waals surface area (Å²) in [6, 6.07) is 16.2. The van der Waals surface area contributed by atoms with Crippen molar-refractivity contribution < 1.29 is 14.1 Å². The number of carbonyl (C=O) groups is 1. The van der Waals surface area contributed by atoms with Crippen molar-refractivity contribution in [3.8, 4) is 5.75 Å². The molecule has 174 valence electrons. The highest BCUT2D eigenvalue weighted by Crippen LogP contribution is 2.29. The van der Waals surface area contributed by atoms with E-state index in [9.17, 15) is 4.79 Å². The van der Waals surface area contributed by atoms with Crippen LogP contribution < -0.4 is 10.1 Å². The zero-order chi connectivity index (χ0) is 23.2. The summed E-state index contributed by atoms with van der Waals surface area (Å²) in [6.07, 6.45) is 1.90. The van der Waals surface area contributed by atoms with Crippen molar-refractivity contribution >= 4 is 17.7 Å². The Morgan fingerprint density at radius 3 is 2.70 bits per heavy atom. The van der Waals surface area contributed by atoms with Gasteiger partial charge in [-0.1, -0.05) is 29.4 Å². The van der Waals surface area contributed by atoms with Crippen LogP contribution in [-0.2, 0) is 12.3 Å². The number of hydrogen-bond donors (Lipinski definition) is 1. The summed E-state index contributed by atoms with van der Waals surface area (Å²) in [5.74, 6) is 2.46. The van der Waals surface area contributed by atoms with Gasteiger partial charge in [0.1, 0.15) is 11.5 Å². The third kappa shape index (κ3) is 5.97. The van der Waals surface area contributed by atoms with E-state index >= 15 is 0 Å². The zero-order valence-corrected chi connectivity index (χ0v) is 20.3.